The third kappa shape index (κ3) is 2.64. The molecule has 2 heterocycles. The highest BCUT2D eigenvalue weighted by atomic mass is 19.4. The Morgan fingerprint density at radius 3 is 2.88 bits per heavy atom. The minimum atomic E-state index is -4.31. The van der Waals surface area contributed by atoms with Crippen molar-refractivity contribution >= 4 is 16.7 Å². The smallest absolute Gasteiger partial charge is 0.360 e. The summed E-state index contributed by atoms with van der Waals surface area (Å²) in [7, 11) is 0. The van der Waals surface area contributed by atoms with Crippen molar-refractivity contribution in [3.8, 4) is 0 Å². The van der Waals surface area contributed by atoms with Gasteiger partial charge in [-0.25, -0.2) is 0 Å². The van der Waals surface area contributed by atoms with Gasteiger partial charge in [0.15, 0.2) is 5.78 Å². The average molecular weight is 242 g/mol. The lowest BCUT2D eigenvalue weighted by Crippen LogP contribution is -2.10. The second-order valence-electron chi connectivity index (χ2n) is 3.66. The Kier molecular flexibility index (Phi) is 2.87. The number of nitrogens with one attached hydrogen (secondary N) is 1. The fourth-order valence-electron chi connectivity index (χ4n) is 1.58. The SMILES string of the molecule is O=C(CCC(F)(F)F)c1c[nH]c2ccncc12. The second kappa shape index (κ2) is 4.20. The molecule has 17 heavy (non-hydrogen) atoms. The Hall–Kier alpha value is -1.85. The molecule has 0 unspecified atom stereocenters. The summed E-state index contributed by atoms with van der Waals surface area (Å²) in [5, 5.41) is 0.555. The van der Waals surface area contributed by atoms with Gasteiger partial charge in [-0.05, 0) is 6.07 Å². The van der Waals surface area contributed by atoms with Crippen LogP contribution in [0.1, 0.15) is 23.2 Å². The molecule has 90 valence electrons. The highest BCUT2D eigenvalue weighted by Gasteiger charge is 2.28. The van der Waals surface area contributed by atoms with E-state index in [0.717, 1.165) is 0 Å². The van der Waals surface area contributed by atoms with Gasteiger partial charge >= 0.3 is 6.18 Å². The van der Waals surface area contributed by atoms with Gasteiger partial charge in [0, 0.05) is 41.5 Å². The Morgan fingerprint density at radius 2 is 2.18 bits per heavy atom. The summed E-state index contributed by atoms with van der Waals surface area (Å²) in [4.78, 5) is 18.3. The molecule has 3 nitrogen and oxygen atoms in total. The standard InChI is InChI=1S/C11H9F3N2O/c12-11(13,14)3-1-10(17)8-6-16-9-2-4-15-5-7(8)9/h2,4-6,16H,1,3H2. The van der Waals surface area contributed by atoms with E-state index in [1.54, 1.807) is 12.3 Å². The molecule has 0 amide bonds. The van der Waals surface area contributed by atoms with Crippen LogP contribution in [0.25, 0.3) is 10.9 Å². The van der Waals surface area contributed by atoms with E-state index in [0.29, 0.717) is 10.9 Å². The number of halogens is 3. The maximum Gasteiger partial charge on any atom is 0.389 e. The minimum Gasteiger partial charge on any atom is -0.360 e. The molecule has 0 aliphatic rings. The number of hydrogen-bond donors (Lipinski definition) is 1. The van der Waals surface area contributed by atoms with Crippen LogP contribution in [0.2, 0.25) is 0 Å². The number of rotatable bonds is 3. The summed E-state index contributed by atoms with van der Waals surface area (Å²) in [6, 6.07) is 1.66. The fraction of sp³-hybridized carbons (Fsp3) is 0.273. The third-order valence-electron chi connectivity index (χ3n) is 2.42. The van der Waals surface area contributed by atoms with E-state index in [4.69, 9.17) is 0 Å². The molecule has 0 saturated heterocycles. The maximum atomic E-state index is 12.0. The summed E-state index contributed by atoms with van der Waals surface area (Å²) in [6.07, 6.45) is -1.51. The highest BCUT2D eigenvalue weighted by molar-refractivity contribution is 6.07. The average Bonchev–Trinajstić information content (AvgIpc) is 2.68. The van der Waals surface area contributed by atoms with Gasteiger partial charge in [-0.15, -0.1) is 0 Å². The molecule has 0 saturated carbocycles. The van der Waals surface area contributed by atoms with E-state index in [-0.39, 0.29) is 5.56 Å². The van der Waals surface area contributed by atoms with Gasteiger partial charge < -0.3 is 4.98 Å². The maximum absolute atomic E-state index is 12.0. The quantitative estimate of drug-likeness (QED) is 0.840. The van der Waals surface area contributed by atoms with Crippen LogP contribution in [0.5, 0.6) is 0 Å². The number of aromatic amines is 1. The minimum absolute atomic E-state index is 0.261. The summed E-state index contributed by atoms with van der Waals surface area (Å²) in [5.74, 6) is -0.526. The molecule has 2 rings (SSSR count). The molecule has 0 bridgehead atoms. The van der Waals surface area contributed by atoms with Crippen molar-refractivity contribution in [3.05, 3.63) is 30.2 Å². The molecule has 2 aromatic heterocycles. The predicted octanol–water partition coefficient (Wildman–Crippen LogP) is 3.09. The molecule has 0 aliphatic heterocycles. The third-order valence-corrected chi connectivity index (χ3v) is 2.42. The Bertz CT molecular complexity index is 545. The number of carbonyl (C=O) groups is 1. The van der Waals surface area contributed by atoms with Crippen molar-refractivity contribution in [2.75, 3.05) is 0 Å². The van der Waals surface area contributed by atoms with Crippen molar-refractivity contribution < 1.29 is 18.0 Å². The number of Topliss-reactive ketones (excluding diaryl/α,β-unsaturated/α-hetero) is 1. The van der Waals surface area contributed by atoms with Crippen LogP contribution < -0.4 is 0 Å². The summed E-state index contributed by atoms with van der Waals surface area (Å²) >= 11 is 0. The zero-order chi connectivity index (χ0) is 12.5. The predicted molar refractivity (Wildman–Crippen MR) is 55.7 cm³/mol. The first-order chi connectivity index (χ1) is 7.97. The second-order valence-corrected chi connectivity index (χ2v) is 3.66. The Morgan fingerprint density at radius 1 is 1.41 bits per heavy atom. The van der Waals surface area contributed by atoms with Crippen LogP contribution in [0.4, 0.5) is 13.2 Å². The molecular weight excluding hydrogens is 233 g/mol. The van der Waals surface area contributed by atoms with Gasteiger partial charge in [-0.1, -0.05) is 0 Å². The van der Waals surface area contributed by atoms with Crippen molar-refractivity contribution in [2.45, 2.75) is 19.0 Å². The van der Waals surface area contributed by atoms with E-state index in [2.05, 4.69) is 9.97 Å². The molecule has 0 spiro atoms. The molecule has 0 aromatic carbocycles. The van der Waals surface area contributed by atoms with Gasteiger partial charge in [-0.3, -0.25) is 9.78 Å². The molecule has 0 fully saturated rings. The van der Waals surface area contributed by atoms with E-state index in [1.807, 2.05) is 0 Å². The first-order valence-corrected chi connectivity index (χ1v) is 4.98. The zero-order valence-corrected chi connectivity index (χ0v) is 8.71. The van der Waals surface area contributed by atoms with E-state index < -0.39 is 24.8 Å². The van der Waals surface area contributed by atoms with Crippen molar-refractivity contribution in [1.29, 1.82) is 0 Å². The molecular formula is C11H9F3N2O. The molecule has 6 heteroatoms. The molecule has 0 atom stereocenters. The van der Waals surface area contributed by atoms with Gasteiger partial charge in [0.25, 0.3) is 0 Å². The summed E-state index contributed by atoms with van der Waals surface area (Å²) in [6.45, 7) is 0. The molecule has 0 radical (unpaired) electrons. The number of pyridine rings is 1. The largest absolute Gasteiger partial charge is 0.389 e. The lowest BCUT2D eigenvalue weighted by molar-refractivity contribution is -0.133. The first kappa shape index (κ1) is 11.6. The van der Waals surface area contributed by atoms with Crippen LogP contribution >= 0.6 is 0 Å². The number of nitrogens with zero attached hydrogens (tertiary/aromatic N) is 1. The molecule has 1 N–H and O–H groups in total. The Balaban J connectivity index is 2.20. The van der Waals surface area contributed by atoms with Gasteiger partial charge in [0.05, 0.1) is 6.42 Å². The van der Waals surface area contributed by atoms with Crippen LogP contribution in [0.3, 0.4) is 0 Å². The number of H-pyrrole nitrogens is 1. The summed E-state index contributed by atoms with van der Waals surface area (Å²) in [5.41, 5.74) is 0.952. The van der Waals surface area contributed by atoms with Crippen LogP contribution in [0, 0.1) is 0 Å². The summed E-state index contributed by atoms with van der Waals surface area (Å²) < 4.78 is 36.0. The van der Waals surface area contributed by atoms with Gasteiger partial charge in [-0.2, -0.15) is 13.2 Å². The number of alkyl halides is 3. The van der Waals surface area contributed by atoms with E-state index in [9.17, 15) is 18.0 Å². The van der Waals surface area contributed by atoms with E-state index >= 15 is 0 Å². The number of aromatic nitrogens is 2. The van der Waals surface area contributed by atoms with Gasteiger partial charge in [0.1, 0.15) is 0 Å². The monoisotopic (exact) mass is 242 g/mol. The van der Waals surface area contributed by atoms with Crippen LogP contribution in [-0.2, 0) is 0 Å². The highest BCUT2D eigenvalue weighted by Crippen LogP contribution is 2.24. The number of ketones is 1. The van der Waals surface area contributed by atoms with E-state index in [1.165, 1.54) is 12.4 Å². The van der Waals surface area contributed by atoms with Crippen molar-refractivity contribution in [3.63, 3.8) is 0 Å². The zero-order valence-electron chi connectivity index (χ0n) is 8.71. The Labute approximate surface area is 94.7 Å². The first-order valence-electron chi connectivity index (χ1n) is 4.98. The molecule has 0 aliphatic carbocycles. The van der Waals surface area contributed by atoms with Crippen molar-refractivity contribution in [1.82, 2.24) is 9.97 Å². The van der Waals surface area contributed by atoms with Crippen LogP contribution in [-0.4, -0.2) is 21.9 Å². The topological polar surface area (TPSA) is 45.8 Å². The fourth-order valence-corrected chi connectivity index (χ4v) is 1.58. The van der Waals surface area contributed by atoms with Crippen LogP contribution in [0.15, 0.2) is 24.7 Å². The number of hydrogen-bond acceptors (Lipinski definition) is 2. The lowest BCUT2D eigenvalue weighted by atomic mass is 10.1. The normalized spacial score (nSPS) is 11.9. The number of fused-ring (bicyclic) bond motifs is 1. The lowest BCUT2D eigenvalue weighted by Gasteiger charge is -2.04. The van der Waals surface area contributed by atoms with Crippen molar-refractivity contribution in [2.24, 2.45) is 0 Å². The molecule has 2 aromatic rings. The van der Waals surface area contributed by atoms with Gasteiger partial charge in [0.2, 0.25) is 0 Å². The number of carbonyl (C=O) groups excluding carboxylic acids is 1.